The molecule has 0 aliphatic heterocycles. The van der Waals surface area contributed by atoms with Crippen LogP contribution in [0.4, 0.5) is 5.69 Å². The van der Waals surface area contributed by atoms with Crippen molar-refractivity contribution >= 4 is 28.3 Å². The van der Waals surface area contributed by atoms with Crippen molar-refractivity contribution in [1.82, 2.24) is 5.32 Å². The van der Waals surface area contributed by atoms with Gasteiger partial charge in [-0.3, -0.25) is 9.59 Å². The first-order valence-corrected chi connectivity index (χ1v) is 9.82. The van der Waals surface area contributed by atoms with Crippen molar-refractivity contribution < 1.29 is 9.59 Å². The molecule has 0 fully saturated rings. The molecule has 2 N–H and O–H groups in total. The van der Waals surface area contributed by atoms with Gasteiger partial charge in [-0.1, -0.05) is 67.9 Å². The molecule has 0 aromatic heterocycles. The fraction of sp³-hybridized carbons (Fsp3) is 0.250. The Hall–Kier alpha value is -3.14. The lowest BCUT2D eigenvalue weighted by Crippen LogP contribution is -2.26. The van der Waals surface area contributed by atoms with Gasteiger partial charge < -0.3 is 10.6 Å². The summed E-state index contributed by atoms with van der Waals surface area (Å²) in [6.45, 7) is 2.72. The molecule has 28 heavy (non-hydrogen) atoms. The highest BCUT2D eigenvalue weighted by Crippen LogP contribution is 2.20. The highest BCUT2D eigenvalue weighted by Gasteiger charge is 2.13. The Morgan fingerprint density at radius 1 is 0.893 bits per heavy atom. The number of carbonyl (C=O) groups is 2. The maximum Gasteiger partial charge on any atom is 0.253 e. The lowest BCUT2D eigenvalue weighted by molar-refractivity contribution is -0.116. The number of para-hydroxylation sites is 1. The summed E-state index contributed by atoms with van der Waals surface area (Å²) in [7, 11) is 0. The molecule has 2 amide bonds. The molecule has 3 aromatic carbocycles. The highest BCUT2D eigenvalue weighted by atomic mass is 16.2. The zero-order chi connectivity index (χ0) is 19.8. The number of anilines is 1. The van der Waals surface area contributed by atoms with Crippen molar-refractivity contribution in [1.29, 1.82) is 0 Å². The molecule has 0 saturated carbocycles. The number of nitrogens with one attached hydrogen (secondary N) is 2. The summed E-state index contributed by atoms with van der Waals surface area (Å²) in [5, 5.41) is 8.15. The van der Waals surface area contributed by atoms with Crippen molar-refractivity contribution in [2.75, 3.05) is 11.9 Å². The number of aryl methyl sites for hydroxylation is 1. The van der Waals surface area contributed by atoms with Gasteiger partial charge in [-0.05, 0) is 41.3 Å². The van der Waals surface area contributed by atoms with Crippen LogP contribution in [0.15, 0.2) is 66.7 Å². The Labute approximate surface area is 166 Å². The SMILES string of the molecule is CCCCNC(=O)c1ccccc1NC(=O)CCc1cccc2ccccc12. The molecule has 0 heterocycles. The average molecular weight is 374 g/mol. The number of fused-ring (bicyclic) bond motifs is 1. The number of carbonyl (C=O) groups excluding carboxylic acids is 2. The van der Waals surface area contributed by atoms with E-state index in [0.29, 0.717) is 30.6 Å². The molecule has 0 radical (unpaired) electrons. The van der Waals surface area contributed by atoms with Crippen LogP contribution in [0.3, 0.4) is 0 Å². The number of hydrogen-bond acceptors (Lipinski definition) is 2. The van der Waals surface area contributed by atoms with E-state index in [4.69, 9.17) is 0 Å². The van der Waals surface area contributed by atoms with Crippen LogP contribution in [0.2, 0.25) is 0 Å². The Bertz CT molecular complexity index is 960. The summed E-state index contributed by atoms with van der Waals surface area (Å²) < 4.78 is 0. The predicted molar refractivity (Wildman–Crippen MR) is 115 cm³/mol. The summed E-state index contributed by atoms with van der Waals surface area (Å²) in [6, 6.07) is 21.5. The Morgan fingerprint density at radius 2 is 1.64 bits per heavy atom. The van der Waals surface area contributed by atoms with E-state index < -0.39 is 0 Å². The van der Waals surface area contributed by atoms with Crippen LogP contribution in [-0.2, 0) is 11.2 Å². The summed E-state index contributed by atoms with van der Waals surface area (Å²) in [5.74, 6) is -0.250. The number of rotatable bonds is 8. The van der Waals surface area contributed by atoms with Crippen LogP contribution in [0, 0.1) is 0 Å². The molecule has 0 aliphatic carbocycles. The van der Waals surface area contributed by atoms with Crippen molar-refractivity contribution in [3.05, 3.63) is 77.9 Å². The molecular formula is C24H26N2O2. The molecule has 3 rings (SSSR count). The number of amides is 2. The van der Waals surface area contributed by atoms with E-state index in [-0.39, 0.29) is 11.8 Å². The Balaban J connectivity index is 1.64. The zero-order valence-electron chi connectivity index (χ0n) is 16.2. The van der Waals surface area contributed by atoms with Crippen LogP contribution in [0.25, 0.3) is 10.8 Å². The normalized spacial score (nSPS) is 10.6. The topological polar surface area (TPSA) is 58.2 Å². The number of hydrogen-bond donors (Lipinski definition) is 2. The van der Waals surface area contributed by atoms with E-state index in [1.807, 2.05) is 24.3 Å². The Morgan fingerprint density at radius 3 is 2.50 bits per heavy atom. The van der Waals surface area contributed by atoms with E-state index >= 15 is 0 Å². The number of unbranched alkanes of at least 4 members (excludes halogenated alkanes) is 1. The van der Waals surface area contributed by atoms with Gasteiger partial charge in [0.05, 0.1) is 11.3 Å². The third-order valence-corrected chi connectivity index (χ3v) is 4.76. The van der Waals surface area contributed by atoms with Gasteiger partial charge in [-0.25, -0.2) is 0 Å². The van der Waals surface area contributed by atoms with Crippen LogP contribution >= 0.6 is 0 Å². The largest absolute Gasteiger partial charge is 0.352 e. The van der Waals surface area contributed by atoms with Gasteiger partial charge >= 0.3 is 0 Å². The fourth-order valence-electron chi connectivity index (χ4n) is 3.24. The van der Waals surface area contributed by atoms with Crippen LogP contribution in [0.1, 0.15) is 42.1 Å². The average Bonchev–Trinajstić information content (AvgIpc) is 2.72. The standard InChI is InChI=1S/C24H26N2O2/c1-2-3-17-25-24(28)21-13-6-7-14-22(21)26-23(27)16-15-19-11-8-10-18-9-4-5-12-20(18)19/h4-14H,2-3,15-17H2,1H3,(H,25,28)(H,26,27). The molecule has 0 saturated heterocycles. The first-order valence-electron chi connectivity index (χ1n) is 9.82. The maximum atomic E-state index is 12.5. The molecule has 3 aromatic rings. The van der Waals surface area contributed by atoms with Gasteiger partial charge in [-0.2, -0.15) is 0 Å². The van der Waals surface area contributed by atoms with E-state index in [1.165, 1.54) is 10.8 Å². The van der Waals surface area contributed by atoms with Crippen molar-refractivity contribution in [2.24, 2.45) is 0 Å². The van der Waals surface area contributed by atoms with Gasteiger partial charge in [0.25, 0.3) is 5.91 Å². The molecule has 0 unspecified atom stereocenters. The first-order chi connectivity index (χ1) is 13.7. The predicted octanol–water partition coefficient (Wildman–Crippen LogP) is 4.94. The lowest BCUT2D eigenvalue weighted by Gasteiger charge is -2.12. The van der Waals surface area contributed by atoms with Crippen LogP contribution in [0.5, 0.6) is 0 Å². The van der Waals surface area contributed by atoms with Gasteiger partial charge in [0.15, 0.2) is 0 Å². The summed E-state index contributed by atoms with van der Waals surface area (Å²) in [6.07, 6.45) is 2.97. The third-order valence-electron chi connectivity index (χ3n) is 4.76. The molecule has 4 nitrogen and oxygen atoms in total. The fourth-order valence-corrected chi connectivity index (χ4v) is 3.24. The monoisotopic (exact) mass is 374 g/mol. The Kier molecular flexibility index (Phi) is 6.79. The minimum atomic E-state index is -0.154. The molecule has 4 heteroatoms. The second kappa shape index (κ2) is 9.70. The second-order valence-corrected chi connectivity index (χ2v) is 6.84. The van der Waals surface area contributed by atoms with Crippen molar-refractivity contribution in [3.8, 4) is 0 Å². The smallest absolute Gasteiger partial charge is 0.253 e. The third kappa shape index (κ3) is 4.97. The molecule has 144 valence electrons. The van der Waals surface area contributed by atoms with Crippen LogP contribution < -0.4 is 10.6 Å². The summed E-state index contributed by atoms with van der Waals surface area (Å²) >= 11 is 0. The van der Waals surface area contributed by atoms with E-state index in [9.17, 15) is 9.59 Å². The lowest BCUT2D eigenvalue weighted by atomic mass is 10.0. The van der Waals surface area contributed by atoms with E-state index in [1.54, 1.807) is 18.2 Å². The number of benzene rings is 3. The molecule has 0 aliphatic rings. The van der Waals surface area contributed by atoms with Gasteiger partial charge in [0.2, 0.25) is 5.91 Å². The van der Waals surface area contributed by atoms with Gasteiger partial charge in [0, 0.05) is 13.0 Å². The minimum absolute atomic E-state index is 0.0956. The summed E-state index contributed by atoms with van der Waals surface area (Å²) in [5.41, 5.74) is 2.20. The van der Waals surface area contributed by atoms with Crippen LogP contribution in [-0.4, -0.2) is 18.4 Å². The first kappa shape index (κ1) is 19.6. The van der Waals surface area contributed by atoms with E-state index in [2.05, 4.69) is 41.8 Å². The van der Waals surface area contributed by atoms with E-state index in [0.717, 1.165) is 18.4 Å². The second-order valence-electron chi connectivity index (χ2n) is 6.84. The van der Waals surface area contributed by atoms with Gasteiger partial charge in [-0.15, -0.1) is 0 Å². The van der Waals surface area contributed by atoms with Crippen molar-refractivity contribution in [3.63, 3.8) is 0 Å². The molecule has 0 spiro atoms. The highest BCUT2D eigenvalue weighted by molar-refractivity contribution is 6.03. The zero-order valence-corrected chi connectivity index (χ0v) is 16.2. The van der Waals surface area contributed by atoms with Gasteiger partial charge in [0.1, 0.15) is 0 Å². The maximum absolute atomic E-state index is 12.5. The van der Waals surface area contributed by atoms with Crippen molar-refractivity contribution in [2.45, 2.75) is 32.6 Å². The molecular weight excluding hydrogens is 348 g/mol. The minimum Gasteiger partial charge on any atom is -0.352 e. The summed E-state index contributed by atoms with van der Waals surface area (Å²) in [4.78, 5) is 24.9. The molecule has 0 atom stereocenters. The molecule has 0 bridgehead atoms. The quantitative estimate of drug-likeness (QED) is 0.549.